The molecule has 0 spiro atoms. The number of carbonyl (C=O) groups excluding carboxylic acids is 1. The van der Waals surface area contributed by atoms with Gasteiger partial charge in [-0.2, -0.15) is 5.10 Å². The van der Waals surface area contributed by atoms with Crippen molar-refractivity contribution in [2.45, 2.75) is 40.2 Å². The molecule has 1 N–H and O–H groups in total. The fourth-order valence-electron chi connectivity index (χ4n) is 2.28. The van der Waals surface area contributed by atoms with Crippen LogP contribution in [0.25, 0.3) is 0 Å². The average Bonchev–Trinajstić information content (AvgIpc) is 2.69. The van der Waals surface area contributed by atoms with Crippen LogP contribution in [0.4, 0.5) is 5.69 Å². The summed E-state index contributed by atoms with van der Waals surface area (Å²) >= 11 is 3.51. The van der Waals surface area contributed by atoms with Gasteiger partial charge in [0.2, 0.25) is 5.91 Å². The van der Waals surface area contributed by atoms with Crippen LogP contribution in [0.15, 0.2) is 28.7 Å². The lowest BCUT2D eigenvalue weighted by Crippen LogP contribution is -2.19. The maximum absolute atomic E-state index is 12.1. The molecule has 1 aromatic carbocycles. The third-order valence-corrected chi connectivity index (χ3v) is 4.62. The number of carbonyl (C=O) groups is 1. The van der Waals surface area contributed by atoms with Crippen LogP contribution < -0.4 is 5.32 Å². The van der Waals surface area contributed by atoms with Gasteiger partial charge in [-0.25, -0.2) is 0 Å². The Balaban J connectivity index is 2.01. The molecule has 21 heavy (non-hydrogen) atoms. The molecule has 0 fully saturated rings. The molecule has 1 amide bonds. The molecule has 1 unspecified atom stereocenters. The van der Waals surface area contributed by atoms with Crippen molar-refractivity contribution in [2.75, 3.05) is 5.32 Å². The van der Waals surface area contributed by atoms with Crippen molar-refractivity contribution in [2.24, 2.45) is 0 Å². The Bertz CT molecular complexity index is 646. The van der Waals surface area contributed by atoms with Crippen LogP contribution in [-0.2, 0) is 4.79 Å². The van der Waals surface area contributed by atoms with Crippen LogP contribution in [0.1, 0.15) is 36.3 Å². The Morgan fingerprint density at radius 2 is 1.90 bits per heavy atom. The van der Waals surface area contributed by atoms with E-state index < -0.39 is 0 Å². The first-order valence-corrected chi connectivity index (χ1v) is 7.75. The number of aryl methyl sites for hydroxylation is 2. The van der Waals surface area contributed by atoms with Crippen molar-refractivity contribution >= 4 is 27.5 Å². The predicted molar refractivity (Wildman–Crippen MR) is 88.5 cm³/mol. The zero-order chi connectivity index (χ0) is 15.6. The lowest BCUT2D eigenvalue weighted by molar-refractivity contribution is -0.116. The third-order valence-electron chi connectivity index (χ3n) is 3.47. The van der Waals surface area contributed by atoms with Crippen molar-refractivity contribution in [1.29, 1.82) is 0 Å². The second kappa shape index (κ2) is 6.43. The van der Waals surface area contributed by atoms with E-state index in [2.05, 4.69) is 26.3 Å². The summed E-state index contributed by atoms with van der Waals surface area (Å²) in [7, 11) is 0. The van der Waals surface area contributed by atoms with Crippen LogP contribution in [0.2, 0.25) is 0 Å². The Hall–Kier alpha value is -1.62. The molecular weight excluding hydrogens is 330 g/mol. The molecule has 112 valence electrons. The molecule has 5 heteroatoms. The Kier molecular flexibility index (Phi) is 4.83. The van der Waals surface area contributed by atoms with Crippen molar-refractivity contribution in [3.8, 4) is 0 Å². The quantitative estimate of drug-likeness (QED) is 0.900. The first-order chi connectivity index (χ1) is 9.88. The largest absolute Gasteiger partial charge is 0.326 e. The van der Waals surface area contributed by atoms with Gasteiger partial charge in [-0.05, 0) is 55.8 Å². The van der Waals surface area contributed by atoms with Gasteiger partial charge in [0.05, 0.1) is 21.9 Å². The number of hydrogen-bond donors (Lipinski definition) is 1. The van der Waals surface area contributed by atoms with Gasteiger partial charge in [0, 0.05) is 12.1 Å². The molecule has 0 bridgehead atoms. The summed E-state index contributed by atoms with van der Waals surface area (Å²) in [5, 5.41) is 7.39. The predicted octanol–water partition coefficient (Wildman–Crippen LogP) is 4.16. The van der Waals surface area contributed by atoms with Crippen LogP contribution in [0.3, 0.4) is 0 Å². The van der Waals surface area contributed by atoms with E-state index in [4.69, 9.17) is 0 Å². The standard InChI is InChI=1S/C16H20BrN3O/c1-10-5-7-14(8-6-10)18-15(21)9-11(2)20-13(4)16(17)12(3)19-20/h5-8,11H,9H2,1-4H3,(H,18,21). The summed E-state index contributed by atoms with van der Waals surface area (Å²) in [6.45, 7) is 7.97. The molecule has 0 aliphatic heterocycles. The number of benzene rings is 1. The monoisotopic (exact) mass is 349 g/mol. The Morgan fingerprint density at radius 3 is 2.43 bits per heavy atom. The average molecular weight is 350 g/mol. The van der Waals surface area contributed by atoms with Gasteiger partial charge < -0.3 is 5.32 Å². The zero-order valence-electron chi connectivity index (χ0n) is 12.8. The van der Waals surface area contributed by atoms with Gasteiger partial charge in [0.15, 0.2) is 0 Å². The third kappa shape index (κ3) is 3.73. The molecule has 4 nitrogen and oxygen atoms in total. The van der Waals surface area contributed by atoms with Crippen molar-refractivity contribution < 1.29 is 4.79 Å². The summed E-state index contributed by atoms with van der Waals surface area (Å²) in [6.07, 6.45) is 0.391. The van der Waals surface area contributed by atoms with Crippen LogP contribution in [0.5, 0.6) is 0 Å². The second-order valence-electron chi connectivity index (χ2n) is 5.40. The smallest absolute Gasteiger partial charge is 0.226 e. The molecule has 0 aliphatic rings. The topological polar surface area (TPSA) is 46.9 Å². The molecule has 1 atom stereocenters. The Labute approximate surface area is 133 Å². The van der Waals surface area contributed by atoms with E-state index in [1.54, 1.807) is 0 Å². The van der Waals surface area contributed by atoms with Crippen molar-refractivity contribution in [3.63, 3.8) is 0 Å². The normalized spacial score (nSPS) is 12.2. The van der Waals surface area contributed by atoms with Crippen molar-refractivity contribution in [3.05, 3.63) is 45.7 Å². The number of halogens is 1. The highest BCUT2D eigenvalue weighted by Gasteiger charge is 2.17. The number of anilines is 1. The molecule has 0 aliphatic carbocycles. The lowest BCUT2D eigenvalue weighted by atomic mass is 10.2. The maximum Gasteiger partial charge on any atom is 0.226 e. The number of rotatable bonds is 4. The minimum atomic E-state index is -0.00460. The van der Waals surface area contributed by atoms with E-state index >= 15 is 0 Å². The Morgan fingerprint density at radius 1 is 1.29 bits per heavy atom. The highest BCUT2D eigenvalue weighted by atomic mass is 79.9. The van der Waals surface area contributed by atoms with Gasteiger partial charge in [-0.15, -0.1) is 0 Å². The fraction of sp³-hybridized carbons (Fsp3) is 0.375. The van der Waals surface area contributed by atoms with E-state index in [0.29, 0.717) is 6.42 Å². The first kappa shape index (κ1) is 15.8. The molecule has 1 aromatic heterocycles. The molecule has 0 saturated heterocycles. The highest BCUT2D eigenvalue weighted by molar-refractivity contribution is 9.10. The number of aromatic nitrogens is 2. The number of amides is 1. The summed E-state index contributed by atoms with van der Waals surface area (Å²) in [5.41, 5.74) is 3.99. The number of nitrogens with one attached hydrogen (secondary N) is 1. The second-order valence-corrected chi connectivity index (χ2v) is 6.19. The van der Waals surface area contributed by atoms with E-state index in [1.165, 1.54) is 5.56 Å². The number of hydrogen-bond acceptors (Lipinski definition) is 2. The first-order valence-electron chi connectivity index (χ1n) is 6.96. The van der Waals surface area contributed by atoms with Crippen molar-refractivity contribution in [1.82, 2.24) is 9.78 Å². The van der Waals surface area contributed by atoms with Gasteiger partial charge in [0.25, 0.3) is 0 Å². The van der Waals surface area contributed by atoms with Gasteiger partial charge in [-0.3, -0.25) is 9.48 Å². The summed E-state index contributed by atoms with van der Waals surface area (Å²) in [4.78, 5) is 12.1. The summed E-state index contributed by atoms with van der Waals surface area (Å²) < 4.78 is 2.90. The van der Waals surface area contributed by atoms with E-state index in [9.17, 15) is 4.79 Å². The molecular formula is C16H20BrN3O. The minimum absolute atomic E-state index is 0.00460. The fourth-order valence-corrected chi connectivity index (χ4v) is 2.54. The minimum Gasteiger partial charge on any atom is -0.326 e. The lowest BCUT2D eigenvalue weighted by Gasteiger charge is -2.14. The van der Waals surface area contributed by atoms with E-state index in [1.807, 2.05) is 56.6 Å². The SMILES string of the molecule is Cc1ccc(NC(=O)CC(C)n2nc(C)c(Br)c2C)cc1. The molecule has 0 radical (unpaired) electrons. The van der Waals surface area contributed by atoms with Crippen LogP contribution >= 0.6 is 15.9 Å². The molecule has 2 rings (SSSR count). The van der Waals surface area contributed by atoms with Crippen LogP contribution in [0, 0.1) is 20.8 Å². The number of nitrogens with zero attached hydrogens (tertiary/aromatic N) is 2. The molecule has 1 heterocycles. The molecule has 0 saturated carbocycles. The van der Waals surface area contributed by atoms with Gasteiger partial charge in [-0.1, -0.05) is 17.7 Å². The van der Waals surface area contributed by atoms with Gasteiger partial charge in [0.1, 0.15) is 0 Å². The summed E-state index contributed by atoms with van der Waals surface area (Å²) in [6, 6.07) is 7.81. The van der Waals surface area contributed by atoms with Gasteiger partial charge >= 0.3 is 0 Å². The maximum atomic E-state index is 12.1. The van der Waals surface area contributed by atoms with Crippen LogP contribution in [-0.4, -0.2) is 15.7 Å². The molecule has 2 aromatic rings. The zero-order valence-corrected chi connectivity index (χ0v) is 14.4. The highest BCUT2D eigenvalue weighted by Crippen LogP contribution is 2.24. The van der Waals surface area contributed by atoms with E-state index in [0.717, 1.165) is 21.5 Å². The summed E-state index contributed by atoms with van der Waals surface area (Å²) in [5.74, 6) is -0.00460. The van der Waals surface area contributed by atoms with E-state index in [-0.39, 0.29) is 11.9 Å².